The van der Waals surface area contributed by atoms with E-state index in [0.717, 1.165) is 15.9 Å². The molecular formula is C7H8BrNS. The van der Waals surface area contributed by atoms with Crippen LogP contribution in [0.4, 0.5) is 5.69 Å². The quantitative estimate of drug-likeness (QED) is 0.549. The summed E-state index contributed by atoms with van der Waals surface area (Å²) in [5, 5.41) is 0. The van der Waals surface area contributed by atoms with Crippen LogP contribution < -0.4 is 5.73 Å². The maximum Gasteiger partial charge on any atom is 0.0458 e. The van der Waals surface area contributed by atoms with Crippen molar-refractivity contribution in [3.8, 4) is 0 Å². The number of nitrogen functional groups attached to an aromatic ring is 1. The SMILES string of the molecule is Nc1ccc(CS)cc1Br. The van der Waals surface area contributed by atoms with E-state index in [1.165, 1.54) is 5.56 Å². The molecule has 0 fully saturated rings. The number of anilines is 1. The Morgan fingerprint density at radius 3 is 2.70 bits per heavy atom. The molecule has 0 bridgehead atoms. The summed E-state index contributed by atoms with van der Waals surface area (Å²) in [6, 6.07) is 5.81. The highest BCUT2D eigenvalue weighted by molar-refractivity contribution is 9.10. The third kappa shape index (κ3) is 1.67. The Balaban J connectivity index is 3.04. The van der Waals surface area contributed by atoms with Crippen molar-refractivity contribution in [3.63, 3.8) is 0 Å². The Kier molecular flexibility index (Phi) is 2.63. The van der Waals surface area contributed by atoms with Gasteiger partial charge in [-0.2, -0.15) is 12.6 Å². The van der Waals surface area contributed by atoms with Crippen LogP contribution in [-0.2, 0) is 5.75 Å². The third-order valence-electron chi connectivity index (χ3n) is 1.25. The predicted molar refractivity (Wildman–Crippen MR) is 51.2 cm³/mol. The summed E-state index contributed by atoms with van der Waals surface area (Å²) >= 11 is 7.46. The molecular weight excluding hydrogens is 210 g/mol. The van der Waals surface area contributed by atoms with Crippen molar-refractivity contribution in [2.45, 2.75) is 5.75 Å². The molecule has 0 amide bonds. The van der Waals surface area contributed by atoms with Crippen LogP contribution in [0.2, 0.25) is 0 Å². The zero-order chi connectivity index (χ0) is 7.56. The second-order valence-corrected chi connectivity index (χ2v) is 3.18. The van der Waals surface area contributed by atoms with Gasteiger partial charge >= 0.3 is 0 Å². The zero-order valence-corrected chi connectivity index (χ0v) is 7.82. The Morgan fingerprint density at radius 2 is 2.20 bits per heavy atom. The summed E-state index contributed by atoms with van der Waals surface area (Å²) < 4.78 is 0.944. The maximum atomic E-state index is 5.57. The molecule has 0 spiro atoms. The summed E-state index contributed by atoms with van der Waals surface area (Å²) in [5.74, 6) is 0.749. The van der Waals surface area contributed by atoms with Crippen molar-refractivity contribution in [1.82, 2.24) is 0 Å². The van der Waals surface area contributed by atoms with E-state index in [2.05, 4.69) is 28.6 Å². The predicted octanol–water partition coefficient (Wildman–Crippen LogP) is 2.46. The van der Waals surface area contributed by atoms with E-state index >= 15 is 0 Å². The van der Waals surface area contributed by atoms with Crippen LogP contribution in [0.5, 0.6) is 0 Å². The lowest BCUT2D eigenvalue weighted by Gasteiger charge is -1.99. The average molecular weight is 218 g/mol. The molecule has 0 aliphatic carbocycles. The minimum Gasteiger partial charge on any atom is -0.398 e. The van der Waals surface area contributed by atoms with Gasteiger partial charge in [0.25, 0.3) is 0 Å². The fourth-order valence-electron chi connectivity index (χ4n) is 0.669. The van der Waals surface area contributed by atoms with E-state index in [1.54, 1.807) is 0 Å². The molecule has 0 saturated carbocycles. The third-order valence-corrected chi connectivity index (χ3v) is 2.30. The van der Waals surface area contributed by atoms with Gasteiger partial charge in [0.05, 0.1) is 0 Å². The maximum absolute atomic E-state index is 5.57. The summed E-state index contributed by atoms with van der Waals surface area (Å²) in [7, 11) is 0. The van der Waals surface area contributed by atoms with Crippen LogP contribution >= 0.6 is 28.6 Å². The molecule has 10 heavy (non-hydrogen) atoms. The van der Waals surface area contributed by atoms with E-state index in [1.807, 2.05) is 18.2 Å². The Hall–Kier alpha value is -0.150. The van der Waals surface area contributed by atoms with E-state index in [9.17, 15) is 0 Å². The number of rotatable bonds is 1. The van der Waals surface area contributed by atoms with Gasteiger partial charge in [0.2, 0.25) is 0 Å². The molecule has 1 aromatic carbocycles. The second-order valence-electron chi connectivity index (χ2n) is 2.01. The number of hydrogen-bond donors (Lipinski definition) is 2. The molecule has 0 heterocycles. The standard InChI is InChI=1S/C7H8BrNS/c8-6-3-5(4-10)1-2-7(6)9/h1-3,10H,4,9H2. The van der Waals surface area contributed by atoms with E-state index < -0.39 is 0 Å². The molecule has 0 aromatic heterocycles. The number of hydrogen-bond acceptors (Lipinski definition) is 2. The zero-order valence-electron chi connectivity index (χ0n) is 5.34. The minimum absolute atomic E-state index is 0.749. The normalized spacial score (nSPS) is 9.80. The van der Waals surface area contributed by atoms with E-state index in [0.29, 0.717) is 0 Å². The Labute approximate surface area is 74.2 Å². The number of halogens is 1. The molecule has 54 valence electrons. The Morgan fingerprint density at radius 1 is 1.50 bits per heavy atom. The van der Waals surface area contributed by atoms with Crippen molar-refractivity contribution in [2.75, 3.05) is 5.73 Å². The fraction of sp³-hybridized carbons (Fsp3) is 0.143. The highest BCUT2D eigenvalue weighted by Gasteiger charge is 1.94. The highest BCUT2D eigenvalue weighted by atomic mass is 79.9. The van der Waals surface area contributed by atoms with Gasteiger partial charge in [0.1, 0.15) is 0 Å². The first-order chi connectivity index (χ1) is 4.74. The van der Waals surface area contributed by atoms with E-state index in [-0.39, 0.29) is 0 Å². The largest absolute Gasteiger partial charge is 0.398 e. The molecule has 0 aliphatic rings. The van der Waals surface area contributed by atoms with Crippen LogP contribution in [0, 0.1) is 0 Å². The highest BCUT2D eigenvalue weighted by Crippen LogP contribution is 2.20. The molecule has 0 saturated heterocycles. The average Bonchev–Trinajstić information content (AvgIpc) is 1.95. The second kappa shape index (κ2) is 3.30. The summed E-state index contributed by atoms with van der Waals surface area (Å²) in [6.45, 7) is 0. The molecule has 0 radical (unpaired) electrons. The topological polar surface area (TPSA) is 26.0 Å². The first-order valence-electron chi connectivity index (χ1n) is 2.89. The number of thiol groups is 1. The first kappa shape index (κ1) is 7.95. The van der Waals surface area contributed by atoms with Crippen molar-refractivity contribution in [1.29, 1.82) is 0 Å². The van der Waals surface area contributed by atoms with Crippen molar-refractivity contribution >= 4 is 34.2 Å². The number of nitrogens with two attached hydrogens (primary N) is 1. The van der Waals surface area contributed by atoms with Crippen molar-refractivity contribution in [3.05, 3.63) is 28.2 Å². The first-order valence-corrected chi connectivity index (χ1v) is 4.31. The Bertz CT molecular complexity index is 237. The number of benzene rings is 1. The lowest BCUT2D eigenvalue weighted by molar-refractivity contribution is 1.41. The van der Waals surface area contributed by atoms with Gasteiger partial charge in [-0.25, -0.2) is 0 Å². The summed E-state index contributed by atoms with van der Waals surface area (Å²) in [5.41, 5.74) is 7.51. The lowest BCUT2D eigenvalue weighted by Crippen LogP contribution is -1.87. The minimum atomic E-state index is 0.749. The molecule has 3 heteroatoms. The molecule has 0 aliphatic heterocycles. The summed E-state index contributed by atoms with van der Waals surface area (Å²) in [6.07, 6.45) is 0. The van der Waals surface area contributed by atoms with Gasteiger partial charge in [0.15, 0.2) is 0 Å². The van der Waals surface area contributed by atoms with Crippen LogP contribution in [0.25, 0.3) is 0 Å². The van der Waals surface area contributed by atoms with Gasteiger partial charge < -0.3 is 5.73 Å². The van der Waals surface area contributed by atoms with Crippen molar-refractivity contribution < 1.29 is 0 Å². The molecule has 0 unspecified atom stereocenters. The fourth-order valence-corrected chi connectivity index (χ4v) is 1.29. The van der Waals surface area contributed by atoms with Crippen molar-refractivity contribution in [2.24, 2.45) is 0 Å². The van der Waals surface area contributed by atoms with Crippen LogP contribution in [0.1, 0.15) is 5.56 Å². The van der Waals surface area contributed by atoms with Gasteiger partial charge in [-0.15, -0.1) is 0 Å². The molecule has 1 aromatic rings. The van der Waals surface area contributed by atoms with Gasteiger partial charge in [-0.05, 0) is 33.6 Å². The van der Waals surface area contributed by atoms with Gasteiger partial charge in [-0.1, -0.05) is 6.07 Å². The monoisotopic (exact) mass is 217 g/mol. The smallest absolute Gasteiger partial charge is 0.0458 e. The summed E-state index contributed by atoms with van der Waals surface area (Å²) in [4.78, 5) is 0. The van der Waals surface area contributed by atoms with Crippen LogP contribution in [-0.4, -0.2) is 0 Å². The van der Waals surface area contributed by atoms with Crippen LogP contribution in [0.15, 0.2) is 22.7 Å². The van der Waals surface area contributed by atoms with Gasteiger partial charge in [-0.3, -0.25) is 0 Å². The lowest BCUT2D eigenvalue weighted by atomic mass is 10.2. The van der Waals surface area contributed by atoms with E-state index in [4.69, 9.17) is 5.73 Å². The molecule has 2 N–H and O–H groups in total. The molecule has 0 atom stereocenters. The van der Waals surface area contributed by atoms with Gasteiger partial charge in [0, 0.05) is 15.9 Å². The van der Waals surface area contributed by atoms with Crippen LogP contribution in [0.3, 0.4) is 0 Å². The molecule has 1 nitrogen and oxygen atoms in total. The molecule has 1 rings (SSSR count).